The fraction of sp³-hybridized carbons (Fsp3) is 0.417. The van der Waals surface area contributed by atoms with Crippen LogP contribution in [0.4, 0.5) is 11.4 Å². The Balaban J connectivity index is 2.82. The van der Waals surface area contributed by atoms with Crippen molar-refractivity contribution in [1.82, 2.24) is 0 Å². The number of hydrogen-bond acceptors (Lipinski definition) is 5. The molecule has 0 spiro atoms. The minimum Gasteiger partial charge on any atom is -0.380 e. The van der Waals surface area contributed by atoms with Crippen LogP contribution in [-0.2, 0) is 9.53 Å². The standard InChI is InChI=1S/C12H17N3O4/c1-8-3-4-10(11(5-8)15(17)18)14-12(16)6-9(7-13)19-2/h3-5,9H,6-7,13H2,1-2H3,(H,14,16). The molecular formula is C12H17N3O4. The van der Waals surface area contributed by atoms with Crippen LogP contribution in [0.5, 0.6) is 0 Å². The summed E-state index contributed by atoms with van der Waals surface area (Å²) in [6.07, 6.45) is -0.345. The molecule has 1 unspecified atom stereocenters. The summed E-state index contributed by atoms with van der Waals surface area (Å²) in [6.45, 7) is 1.95. The first-order valence-electron chi connectivity index (χ1n) is 5.75. The van der Waals surface area contributed by atoms with Gasteiger partial charge < -0.3 is 15.8 Å². The summed E-state index contributed by atoms with van der Waals surface area (Å²) in [5.74, 6) is -0.371. The van der Waals surface area contributed by atoms with E-state index in [-0.39, 0.29) is 30.2 Å². The third-order valence-electron chi connectivity index (χ3n) is 2.63. The predicted molar refractivity (Wildman–Crippen MR) is 70.9 cm³/mol. The number of hydrogen-bond donors (Lipinski definition) is 2. The summed E-state index contributed by atoms with van der Waals surface area (Å²) in [7, 11) is 1.46. The van der Waals surface area contributed by atoms with Gasteiger partial charge in [0.25, 0.3) is 5.69 Å². The second-order valence-corrected chi connectivity index (χ2v) is 4.12. The van der Waals surface area contributed by atoms with Crippen molar-refractivity contribution in [2.24, 2.45) is 5.73 Å². The second-order valence-electron chi connectivity index (χ2n) is 4.12. The lowest BCUT2D eigenvalue weighted by Gasteiger charge is -2.12. The Morgan fingerprint density at radius 3 is 2.79 bits per heavy atom. The maximum atomic E-state index is 11.7. The lowest BCUT2D eigenvalue weighted by Crippen LogP contribution is -2.28. The molecule has 0 radical (unpaired) electrons. The summed E-state index contributed by atoms with van der Waals surface area (Å²) in [6, 6.07) is 4.61. The molecule has 0 aliphatic rings. The van der Waals surface area contributed by atoms with Gasteiger partial charge in [-0.25, -0.2) is 0 Å². The Morgan fingerprint density at radius 2 is 2.26 bits per heavy atom. The molecule has 1 aromatic carbocycles. The van der Waals surface area contributed by atoms with Crippen LogP contribution >= 0.6 is 0 Å². The molecule has 104 valence electrons. The number of rotatable bonds is 6. The van der Waals surface area contributed by atoms with E-state index in [1.165, 1.54) is 19.2 Å². The summed E-state index contributed by atoms with van der Waals surface area (Å²) in [5.41, 5.74) is 6.21. The van der Waals surface area contributed by atoms with Crippen LogP contribution in [0.3, 0.4) is 0 Å². The highest BCUT2D eigenvalue weighted by Crippen LogP contribution is 2.25. The molecule has 0 heterocycles. The van der Waals surface area contributed by atoms with Crippen LogP contribution in [0.15, 0.2) is 18.2 Å². The van der Waals surface area contributed by atoms with Gasteiger partial charge in [-0.05, 0) is 18.6 Å². The lowest BCUT2D eigenvalue weighted by atomic mass is 10.2. The fourth-order valence-electron chi connectivity index (χ4n) is 1.57. The Labute approximate surface area is 110 Å². The van der Waals surface area contributed by atoms with Gasteiger partial charge in [0.15, 0.2) is 0 Å². The first-order chi connectivity index (χ1) is 8.97. The van der Waals surface area contributed by atoms with Gasteiger partial charge in [-0.3, -0.25) is 14.9 Å². The van der Waals surface area contributed by atoms with Crippen LogP contribution in [0.25, 0.3) is 0 Å². The van der Waals surface area contributed by atoms with Crippen LogP contribution in [0.1, 0.15) is 12.0 Å². The second kappa shape index (κ2) is 6.81. The fourth-order valence-corrected chi connectivity index (χ4v) is 1.57. The van der Waals surface area contributed by atoms with E-state index in [4.69, 9.17) is 10.5 Å². The lowest BCUT2D eigenvalue weighted by molar-refractivity contribution is -0.384. The number of anilines is 1. The Bertz CT molecular complexity index is 472. The summed E-state index contributed by atoms with van der Waals surface area (Å²) in [5, 5.41) is 13.4. The zero-order chi connectivity index (χ0) is 14.4. The van der Waals surface area contributed by atoms with E-state index in [0.717, 1.165) is 5.56 Å². The molecular weight excluding hydrogens is 250 g/mol. The molecule has 1 rings (SSSR count). The molecule has 1 amide bonds. The van der Waals surface area contributed by atoms with Crippen LogP contribution < -0.4 is 11.1 Å². The molecule has 1 atom stereocenters. The number of nitrogens with zero attached hydrogens (tertiary/aromatic N) is 1. The number of methoxy groups -OCH3 is 1. The molecule has 0 saturated heterocycles. The monoisotopic (exact) mass is 267 g/mol. The van der Waals surface area contributed by atoms with Crippen LogP contribution in [0, 0.1) is 17.0 Å². The molecule has 0 aromatic heterocycles. The zero-order valence-corrected chi connectivity index (χ0v) is 10.9. The van der Waals surface area contributed by atoms with Gasteiger partial charge in [0.1, 0.15) is 5.69 Å². The number of carbonyl (C=O) groups excluding carboxylic acids is 1. The van der Waals surface area contributed by atoms with Crippen molar-refractivity contribution in [1.29, 1.82) is 0 Å². The molecule has 1 aromatic rings. The maximum Gasteiger partial charge on any atom is 0.293 e. The molecule has 3 N–H and O–H groups in total. The predicted octanol–water partition coefficient (Wildman–Crippen LogP) is 1.21. The largest absolute Gasteiger partial charge is 0.380 e. The number of nitro groups is 1. The number of nitrogens with two attached hydrogens (primary N) is 1. The number of amides is 1. The van der Waals surface area contributed by atoms with Gasteiger partial charge >= 0.3 is 0 Å². The number of aryl methyl sites for hydroxylation is 1. The molecule has 19 heavy (non-hydrogen) atoms. The third kappa shape index (κ3) is 4.31. The van der Waals surface area contributed by atoms with Crippen molar-refractivity contribution < 1.29 is 14.5 Å². The third-order valence-corrected chi connectivity index (χ3v) is 2.63. The summed E-state index contributed by atoms with van der Waals surface area (Å²) < 4.78 is 4.98. The van der Waals surface area contributed by atoms with E-state index >= 15 is 0 Å². The Hall–Kier alpha value is -1.99. The van der Waals surface area contributed by atoms with Gasteiger partial charge in [-0.1, -0.05) is 6.07 Å². The highest BCUT2D eigenvalue weighted by atomic mass is 16.6. The average Bonchev–Trinajstić information content (AvgIpc) is 2.37. The minimum atomic E-state index is -0.528. The summed E-state index contributed by atoms with van der Waals surface area (Å²) in [4.78, 5) is 22.1. The number of nitrogens with one attached hydrogen (secondary N) is 1. The van der Waals surface area contributed by atoms with Crippen molar-refractivity contribution >= 4 is 17.3 Å². The van der Waals surface area contributed by atoms with Gasteiger partial charge in [-0.15, -0.1) is 0 Å². The van der Waals surface area contributed by atoms with E-state index in [0.29, 0.717) is 0 Å². The van der Waals surface area contributed by atoms with Crippen molar-refractivity contribution in [2.75, 3.05) is 19.0 Å². The number of ether oxygens (including phenoxy) is 1. The summed E-state index contributed by atoms with van der Waals surface area (Å²) >= 11 is 0. The molecule has 0 aliphatic carbocycles. The smallest absolute Gasteiger partial charge is 0.293 e. The molecule has 0 aliphatic heterocycles. The molecule has 0 fully saturated rings. The maximum absolute atomic E-state index is 11.7. The van der Waals surface area contributed by atoms with Crippen molar-refractivity contribution in [2.45, 2.75) is 19.4 Å². The van der Waals surface area contributed by atoms with E-state index in [9.17, 15) is 14.9 Å². The van der Waals surface area contributed by atoms with Gasteiger partial charge in [0.2, 0.25) is 5.91 Å². The van der Waals surface area contributed by atoms with Crippen molar-refractivity contribution in [3.8, 4) is 0 Å². The molecule has 0 bridgehead atoms. The van der Waals surface area contributed by atoms with Crippen LogP contribution in [0.2, 0.25) is 0 Å². The van der Waals surface area contributed by atoms with Gasteiger partial charge in [-0.2, -0.15) is 0 Å². The molecule has 7 nitrogen and oxygen atoms in total. The quantitative estimate of drug-likeness (QED) is 0.595. The Kier molecular flexibility index (Phi) is 5.40. The van der Waals surface area contributed by atoms with E-state index < -0.39 is 11.0 Å². The van der Waals surface area contributed by atoms with E-state index in [1.54, 1.807) is 13.0 Å². The van der Waals surface area contributed by atoms with E-state index in [2.05, 4.69) is 5.32 Å². The Morgan fingerprint density at radius 1 is 1.58 bits per heavy atom. The van der Waals surface area contributed by atoms with E-state index in [1.807, 2.05) is 0 Å². The SMILES string of the molecule is COC(CN)CC(=O)Nc1ccc(C)cc1[N+](=O)[O-]. The van der Waals surface area contributed by atoms with Gasteiger partial charge in [0, 0.05) is 19.7 Å². The number of benzene rings is 1. The average molecular weight is 267 g/mol. The highest BCUT2D eigenvalue weighted by molar-refractivity contribution is 5.93. The molecule has 7 heteroatoms. The number of nitro benzene ring substituents is 1. The van der Waals surface area contributed by atoms with Crippen molar-refractivity contribution in [3.05, 3.63) is 33.9 Å². The first kappa shape index (κ1) is 15.1. The topological polar surface area (TPSA) is 107 Å². The highest BCUT2D eigenvalue weighted by Gasteiger charge is 2.18. The molecule has 0 saturated carbocycles. The normalized spacial score (nSPS) is 11.9. The van der Waals surface area contributed by atoms with Crippen LogP contribution in [-0.4, -0.2) is 30.6 Å². The minimum absolute atomic E-state index is 0.0536. The van der Waals surface area contributed by atoms with Crippen molar-refractivity contribution in [3.63, 3.8) is 0 Å². The van der Waals surface area contributed by atoms with Gasteiger partial charge in [0.05, 0.1) is 17.4 Å². The first-order valence-corrected chi connectivity index (χ1v) is 5.75. The zero-order valence-electron chi connectivity index (χ0n) is 10.9. The number of carbonyl (C=O) groups is 1.